The first kappa shape index (κ1) is 12.7. The molecule has 1 saturated heterocycles. The van der Waals surface area contributed by atoms with Gasteiger partial charge in [0.2, 0.25) is 0 Å². The van der Waals surface area contributed by atoms with E-state index in [1.807, 2.05) is 6.07 Å². The van der Waals surface area contributed by atoms with Gasteiger partial charge in [0.25, 0.3) is 5.91 Å². The first-order valence-electron chi connectivity index (χ1n) is 6.55. The molecule has 1 aliphatic rings. The maximum absolute atomic E-state index is 13.8. The van der Waals surface area contributed by atoms with Crippen LogP contribution in [-0.4, -0.2) is 33.9 Å². The number of carbonyl (C=O) groups excluding carboxylic acids is 1. The summed E-state index contributed by atoms with van der Waals surface area (Å²) in [6, 6.07) is 6.75. The minimum absolute atomic E-state index is 0.0526. The number of carbonyl (C=O) groups is 1. The number of aromatic nitrogens is 2. The first-order chi connectivity index (χ1) is 9.75. The molecule has 1 amide bonds. The third kappa shape index (κ3) is 2.39. The standard InChI is InChI=1S/C15H14FN3O/c16-13-4-2-1-3-12(13)11-5-8-19(10-11)15(20)14-9-17-6-7-18-14/h1-4,6-7,9,11H,5,8,10H2/t11-/m0/s1. The summed E-state index contributed by atoms with van der Waals surface area (Å²) in [5.41, 5.74) is 1.02. The molecule has 1 aliphatic heterocycles. The maximum Gasteiger partial charge on any atom is 0.274 e. The molecule has 3 rings (SSSR count). The molecule has 0 saturated carbocycles. The Kier molecular flexibility index (Phi) is 3.41. The van der Waals surface area contributed by atoms with Gasteiger partial charge in [0.05, 0.1) is 6.20 Å². The van der Waals surface area contributed by atoms with Crippen molar-refractivity contribution in [3.8, 4) is 0 Å². The van der Waals surface area contributed by atoms with Gasteiger partial charge in [0.1, 0.15) is 11.5 Å². The van der Waals surface area contributed by atoms with Crippen molar-refractivity contribution in [1.29, 1.82) is 0 Å². The lowest BCUT2D eigenvalue weighted by molar-refractivity contribution is 0.0784. The van der Waals surface area contributed by atoms with Crippen molar-refractivity contribution in [1.82, 2.24) is 14.9 Å². The largest absolute Gasteiger partial charge is 0.337 e. The summed E-state index contributed by atoms with van der Waals surface area (Å²) in [5, 5.41) is 0. The Morgan fingerprint density at radius 3 is 2.90 bits per heavy atom. The van der Waals surface area contributed by atoms with Gasteiger partial charge in [-0.2, -0.15) is 0 Å². The summed E-state index contributed by atoms with van der Waals surface area (Å²) >= 11 is 0. The second-order valence-electron chi connectivity index (χ2n) is 4.85. The van der Waals surface area contributed by atoms with Crippen molar-refractivity contribution in [2.24, 2.45) is 0 Å². The molecule has 20 heavy (non-hydrogen) atoms. The van der Waals surface area contributed by atoms with Gasteiger partial charge in [-0.1, -0.05) is 18.2 Å². The molecule has 0 radical (unpaired) electrons. The Balaban J connectivity index is 1.74. The van der Waals surface area contributed by atoms with Crippen LogP contribution >= 0.6 is 0 Å². The number of benzene rings is 1. The van der Waals surface area contributed by atoms with Crippen molar-refractivity contribution in [2.75, 3.05) is 13.1 Å². The molecule has 102 valence electrons. The Morgan fingerprint density at radius 2 is 2.15 bits per heavy atom. The minimum atomic E-state index is -0.202. The van der Waals surface area contributed by atoms with Crippen molar-refractivity contribution in [3.63, 3.8) is 0 Å². The van der Waals surface area contributed by atoms with Crippen LogP contribution in [0.3, 0.4) is 0 Å². The van der Waals surface area contributed by atoms with Crippen molar-refractivity contribution >= 4 is 5.91 Å². The van der Waals surface area contributed by atoms with Gasteiger partial charge in [-0.25, -0.2) is 9.37 Å². The van der Waals surface area contributed by atoms with E-state index in [0.29, 0.717) is 24.3 Å². The van der Waals surface area contributed by atoms with Gasteiger partial charge in [-0.15, -0.1) is 0 Å². The van der Waals surface area contributed by atoms with Crippen LogP contribution in [0.2, 0.25) is 0 Å². The molecular weight excluding hydrogens is 257 g/mol. The van der Waals surface area contributed by atoms with Gasteiger partial charge in [0.15, 0.2) is 0 Å². The molecule has 1 atom stereocenters. The van der Waals surface area contributed by atoms with Crippen molar-refractivity contribution in [2.45, 2.75) is 12.3 Å². The normalized spacial score (nSPS) is 18.2. The predicted octanol–water partition coefficient (Wildman–Crippen LogP) is 2.25. The third-order valence-corrected chi connectivity index (χ3v) is 3.60. The maximum atomic E-state index is 13.8. The summed E-state index contributed by atoms with van der Waals surface area (Å²) in [4.78, 5) is 21.9. The second kappa shape index (κ2) is 5.36. The number of rotatable bonds is 2. The average Bonchev–Trinajstić information content (AvgIpc) is 2.97. The van der Waals surface area contributed by atoms with Crippen LogP contribution in [0.5, 0.6) is 0 Å². The van der Waals surface area contributed by atoms with Gasteiger partial charge in [-0.05, 0) is 18.1 Å². The lowest BCUT2D eigenvalue weighted by atomic mass is 9.98. The van der Waals surface area contributed by atoms with E-state index in [2.05, 4.69) is 9.97 Å². The van der Waals surface area contributed by atoms with E-state index in [9.17, 15) is 9.18 Å². The molecule has 4 nitrogen and oxygen atoms in total. The summed E-state index contributed by atoms with van der Waals surface area (Å²) in [6.07, 6.45) is 5.26. The quantitative estimate of drug-likeness (QED) is 0.841. The average molecular weight is 271 g/mol. The highest BCUT2D eigenvalue weighted by atomic mass is 19.1. The molecule has 1 fully saturated rings. The zero-order chi connectivity index (χ0) is 13.9. The van der Waals surface area contributed by atoms with Gasteiger partial charge in [-0.3, -0.25) is 9.78 Å². The smallest absolute Gasteiger partial charge is 0.274 e. The van der Waals surface area contributed by atoms with Gasteiger partial charge < -0.3 is 4.90 Å². The fraction of sp³-hybridized carbons (Fsp3) is 0.267. The SMILES string of the molecule is O=C(c1cnccn1)N1CC[C@H](c2ccccc2F)C1. The Bertz CT molecular complexity index is 618. The highest BCUT2D eigenvalue weighted by Crippen LogP contribution is 2.29. The number of halogens is 1. The molecule has 1 aromatic heterocycles. The van der Waals surface area contributed by atoms with E-state index in [0.717, 1.165) is 6.42 Å². The monoisotopic (exact) mass is 271 g/mol. The van der Waals surface area contributed by atoms with Crippen LogP contribution in [0.25, 0.3) is 0 Å². The molecule has 1 aromatic carbocycles. The number of nitrogens with zero attached hydrogens (tertiary/aromatic N) is 3. The van der Waals surface area contributed by atoms with Crippen LogP contribution in [0, 0.1) is 5.82 Å². The summed E-state index contributed by atoms with van der Waals surface area (Å²) in [7, 11) is 0. The molecular formula is C15H14FN3O. The second-order valence-corrected chi connectivity index (χ2v) is 4.85. The van der Waals surface area contributed by atoms with E-state index < -0.39 is 0 Å². The lowest BCUT2D eigenvalue weighted by Gasteiger charge is -2.16. The molecule has 2 aromatic rings. The Hall–Kier alpha value is -2.30. The third-order valence-electron chi connectivity index (χ3n) is 3.60. The molecule has 0 aliphatic carbocycles. The molecule has 0 unspecified atom stereocenters. The molecule has 2 heterocycles. The molecule has 0 spiro atoms. The molecule has 0 bridgehead atoms. The van der Waals surface area contributed by atoms with Crippen molar-refractivity contribution in [3.05, 3.63) is 59.9 Å². The van der Waals surface area contributed by atoms with Gasteiger partial charge in [0, 0.05) is 31.4 Å². The van der Waals surface area contributed by atoms with E-state index in [-0.39, 0.29) is 17.6 Å². The van der Waals surface area contributed by atoms with E-state index in [4.69, 9.17) is 0 Å². The fourth-order valence-electron chi connectivity index (χ4n) is 2.58. The minimum Gasteiger partial charge on any atom is -0.337 e. The number of hydrogen-bond acceptors (Lipinski definition) is 3. The number of likely N-dealkylation sites (tertiary alicyclic amines) is 1. The van der Waals surface area contributed by atoms with E-state index >= 15 is 0 Å². The molecule has 5 heteroatoms. The van der Waals surface area contributed by atoms with Crippen LogP contribution in [0.4, 0.5) is 4.39 Å². The Labute approximate surface area is 116 Å². The highest BCUT2D eigenvalue weighted by molar-refractivity contribution is 5.92. The lowest BCUT2D eigenvalue weighted by Crippen LogP contribution is -2.29. The fourth-order valence-corrected chi connectivity index (χ4v) is 2.58. The zero-order valence-electron chi connectivity index (χ0n) is 10.9. The van der Waals surface area contributed by atoms with Crippen LogP contribution in [0.1, 0.15) is 28.4 Å². The van der Waals surface area contributed by atoms with Crippen LogP contribution < -0.4 is 0 Å². The first-order valence-corrected chi connectivity index (χ1v) is 6.55. The van der Waals surface area contributed by atoms with Crippen LogP contribution in [-0.2, 0) is 0 Å². The summed E-state index contributed by atoms with van der Waals surface area (Å²) in [6.45, 7) is 1.14. The summed E-state index contributed by atoms with van der Waals surface area (Å²) in [5.74, 6) is -0.292. The topological polar surface area (TPSA) is 46.1 Å². The van der Waals surface area contributed by atoms with Crippen molar-refractivity contribution < 1.29 is 9.18 Å². The zero-order valence-corrected chi connectivity index (χ0v) is 10.9. The highest BCUT2D eigenvalue weighted by Gasteiger charge is 2.29. The molecule has 0 N–H and O–H groups in total. The van der Waals surface area contributed by atoms with E-state index in [1.54, 1.807) is 17.0 Å². The predicted molar refractivity (Wildman–Crippen MR) is 71.7 cm³/mol. The van der Waals surface area contributed by atoms with Gasteiger partial charge >= 0.3 is 0 Å². The van der Waals surface area contributed by atoms with Crippen LogP contribution in [0.15, 0.2) is 42.9 Å². The number of hydrogen-bond donors (Lipinski definition) is 0. The van der Waals surface area contributed by atoms with E-state index in [1.165, 1.54) is 24.7 Å². The Morgan fingerprint density at radius 1 is 1.30 bits per heavy atom. The summed E-state index contributed by atoms with van der Waals surface area (Å²) < 4.78 is 13.8. The number of amides is 1.